The van der Waals surface area contributed by atoms with Crippen LogP contribution in [-0.2, 0) is 16.0 Å². The van der Waals surface area contributed by atoms with Crippen molar-refractivity contribution in [2.75, 3.05) is 33.4 Å². The third-order valence-corrected chi connectivity index (χ3v) is 4.08. The van der Waals surface area contributed by atoms with Crippen LogP contribution in [0, 0.1) is 5.92 Å². The second-order valence-electron chi connectivity index (χ2n) is 5.77. The van der Waals surface area contributed by atoms with Gasteiger partial charge in [-0.1, -0.05) is 12.1 Å². The molecule has 8 heteroatoms. The Balaban J connectivity index is 1.51. The summed E-state index contributed by atoms with van der Waals surface area (Å²) in [4.78, 5) is 35.7. The van der Waals surface area contributed by atoms with Crippen LogP contribution in [-0.4, -0.2) is 56.1 Å². The molecule has 1 aromatic carbocycles. The summed E-state index contributed by atoms with van der Waals surface area (Å²) in [7, 11) is 1.60. The number of hydrogen-bond acceptors (Lipinski definition) is 5. The van der Waals surface area contributed by atoms with Gasteiger partial charge in [0, 0.05) is 12.5 Å². The Morgan fingerprint density at radius 2 is 2.29 bits per heavy atom. The van der Waals surface area contributed by atoms with Gasteiger partial charge in [0.1, 0.15) is 6.54 Å². The number of urea groups is 1. The quantitative estimate of drug-likeness (QED) is 0.734. The van der Waals surface area contributed by atoms with Gasteiger partial charge in [-0.15, -0.1) is 0 Å². The van der Waals surface area contributed by atoms with E-state index in [0.717, 1.165) is 22.6 Å². The van der Waals surface area contributed by atoms with Crippen LogP contribution in [0.2, 0.25) is 0 Å². The van der Waals surface area contributed by atoms with Crippen molar-refractivity contribution in [3.05, 3.63) is 23.8 Å². The van der Waals surface area contributed by atoms with Gasteiger partial charge in [0.05, 0.1) is 20.3 Å². The van der Waals surface area contributed by atoms with Crippen LogP contribution >= 0.6 is 0 Å². The number of methoxy groups -OCH3 is 1. The standard InChI is InChI=1S/C16H19N3O5/c1-23-12-4-2-3-11-5-10(9-24-15(11)12)6-17-13(20)8-19-14(21)7-18-16(19)22/h2-4,10H,5-9H2,1H3,(H,17,20)(H,18,22)/t10-/m1/s1. The van der Waals surface area contributed by atoms with E-state index in [-0.39, 0.29) is 24.9 Å². The molecule has 2 aliphatic heterocycles. The molecule has 128 valence electrons. The van der Waals surface area contributed by atoms with Crippen LogP contribution in [0.4, 0.5) is 4.79 Å². The monoisotopic (exact) mass is 333 g/mol. The number of amides is 4. The zero-order chi connectivity index (χ0) is 17.1. The van der Waals surface area contributed by atoms with Gasteiger partial charge >= 0.3 is 6.03 Å². The van der Waals surface area contributed by atoms with Crippen LogP contribution in [0.25, 0.3) is 0 Å². The van der Waals surface area contributed by atoms with E-state index in [4.69, 9.17) is 9.47 Å². The van der Waals surface area contributed by atoms with Gasteiger partial charge in [-0.2, -0.15) is 0 Å². The molecule has 0 bridgehead atoms. The van der Waals surface area contributed by atoms with E-state index in [1.165, 1.54) is 0 Å². The van der Waals surface area contributed by atoms with Crippen molar-refractivity contribution >= 4 is 17.8 Å². The Morgan fingerprint density at radius 1 is 1.46 bits per heavy atom. The van der Waals surface area contributed by atoms with Crippen LogP contribution in [0.1, 0.15) is 5.56 Å². The minimum Gasteiger partial charge on any atom is -0.493 e. The normalized spacial score (nSPS) is 19.4. The highest BCUT2D eigenvalue weighted by Crippen LogP contribution is 2.35. The van der Waals surface area contributed by atoms with Crippen molar-refractivity contribution in [2.24, 2.45) is 5.92 Å². The molecule has 24 heavy (non-hydrogen) atoms. The number of fused-ring (bicyclic) bond motifs is 1. The maximum atomic E-state index is 11.9. The van der Waals surface area contributed by atoms with E-state index in [9.17, 15) is 14.4 Å². The lowest BCUT2D eigenvalue weighted by Crippen LogP contribution is -2.43. The molecule has 1 atom stereocenters. The van der Waals surface area contributed by atoms with Gasteiger partial charge in [0.15, 0.2) is 11.5 Å². The first-order valence-corrected chi connectivity index (χ1v) is 7.72. The molecule has 2 N–H and O–H groups in total. The number of carbonyl (C=O) groups excluding carboxylic acids is 3. The predicted molar refractivity (Wildman–Crippen MR) is 83.8 cm³/mol. The van der Waals surface area contributed by atoms with Gasteiger partial charge in [-0.3, -0.25) is 14.5 Å². The third kappa shape index (κ3) is 3.27. The lowest BCUT2D eigenvalue weighted by Gasteiger charge is -2.26. The van der Waals surface area contributed by atoms with E-state index in [0.29, 0.717) is 18.9 Å². The van der Waals surface area contributed by atoms with Crippen molar-refractivity contribution in [2.45, 2.75) is 6.42 Å². The highest BCUT2D eigenvalue weighted by Gasteiger charge is 2.30. The fraction of sp³-hybridized carbons (Fsp3) is 0.438. The molecule has 0 radical (unpaired) electrons. The van der Waals surface area contributed by atoms with Crippen molar-refractivity contribution in [1.29, 1.82) is 0 Å². The number of hydrogen-bond donors (Lipinski definition) is 2. The lowest BCUT2D eigenvalue weighted by molar-refractivity contribution is -0.130. The summed E-state index contributed by atoms with van der Waals surface area (Å²) < 4.78 is 11.0. The molecule has 0 spiro atoms. The number of nitrogens with one attached hydrogen (secondary N) is 2. The zero-order valence-electron chi connectivity index (χ0n) is 13.3. The lowest BCUT2D eigenvalue weighted by atomic mass is 9.96. The molecule has 3 rings (SSSR count). The van der Waals surface area contributed by atoms with Crippen molar-refractivity contribution < 1.29 is 23.9 Å². The second-order valence-corrected chi connectivity index (χ2v) is 5.77. The van der Waals surface area contributed by atoms with Gasteiger partial charge < -0.3 is 20.1 Å². The Morgan fingerprint density at radius 3 is 3.00 bits per heavy atom. The molecule has 1 aromatic rings. The van der Waals surface area contributed by atoms with E-state index in [1.807, 2.05) is 18.2 Å². The number of benzene rings is 1. The minimum absolute atomic E-state index is 0.0544. The van der Waals surface area contributed by atoms with E-state index >= 15 is 0 Å². The molecular weight excluding hydrogens is 314 g/mol. The number of rotatable bonds is 5. The first kappa shape index (κ1) is 16.1. The van der Waals surface area contributed by atoms with Crippen molar-refractivity contribution in [1.82, 2.24) is 15.5 Å². The molecule has 8 nitrogen and oxygen atoms in total. The van der Waals surface area contributed by atoms with E-state index < -0.39 is 11.9 Å². The third-order valence-electron chi connectivity index (χ3n) is 4.08. The Labute approximate surface area is 139 Å². The number of para-hydroxylation sites is 1. The number of carbonyl (C=O) groups is 3. The minimum atomic E-state index is -0.530. The van der Waals surface area contributed by atoms with Crippen LogP contribution < -0.4 is 20.1 Å². The highest BCUT2D eigenvalue weighted by atomic mass is 16.5. The summed E-state index contributed by atoms with van der Waals surface area (Å²) in [6.45, 7) is 0.569. The number of imide groups is 1. The van der Waals surface area contributed by atoms with Gasteiger partial charge in [0.25, 0.3) is 5.91 Å². The number of nitrogens with zero attached hydrogens (tertiary/aromatic N) is 1. The van der Waals surface area contributed by atoms with Crippen LogP contribution in [0.15, 0.2) is 18.2 Å². The Hall–Kier alpha value is -2.77. The molecule has 2 aliphatic rings. The molecule has 0 unspecified atom stereocenters. The van der Waals surface area contributed by atoms with Gasteiger partial charge in [-0.05, 0) is 18.1 Å². The zero-order valence-corrected chi connectivity index (χ0v) is 13.3. The van der Waals surface area contributed by atoms with Crippen LogP contribution in [0.5, 0.6) is 11.5 Å². The first-order valence-electron chi connectivity index (χ1n) is 7.72. The molecule has 1 fully saturated rings. The summed E-state index contributed by atoms with van der Waals surface area (Å²) in [5.41, 5.74) is 1.04. The van der Waals surface area contributed by atoms with Crippen LogP contribution in [0.3, 0.4) is 0 Å². The first-order chi connectivity index (χ1) is 11.6. The Bertz CT molecular complexity index is 660. The topological polar surface area (TPSA) is 97.0 Å². The predicted octanol–water partition coefficient (Wildman–Crippen LogP) is -0.0857. The molecule has 4 amide bonds. The largest absolute Gasteiger partial charge is 0.493 e. The second kappa shape index (κ2) is 6.77. The molecular formula is C16H19N3O5. The summed E-state index contributed by atoms with van der Waals surface area (Å²) in [6.07, 6.45) is 0.760. The smallest absolute Gasteiger partial charge is 0.325 e. The van der Waals surface area contributed by atoms with E-state index in [2.05, 4.69) is 10.6 Å². The molecule has 0 aliphatic carbocycles. The Kier molecular flexibility index (Phi) is 4.54. The molecule has 0 saturated carbocycles. The van der Waals surface area contributed by atoms with Gasteiger partial charge in [0.2, 0.25) is 5.91 Å². The summed E-state index contributed by atoms with van der Waals surface area (Å²) in [5, 5.41) is 5.13. The van der Waals surface area contributed by atoms with Crippen molar-refractivity contribution in [3.63, 3.8) is 0 Å². The maximum absolute atomic E-state index is 11.9. The highest BCUT2D eigenvalue weighted by molar-refractivity contribution is 6.04. The summed E-state index contributed by atoms with van der Waals surface area (Å²) >= 11 is 0. The SMILES string of the molecule is COc1cccc2c1OC[C@@H](CNC(=O)CN1C(=O)CNC1=O)C2. The average molecular weight is 333 g/mol. The summed E-state index contributed by atoms with van der Waals surface area (Å²) in [6, 6.07) is 5.19. The average Bonchev–Trinajstić information content (AvgIpc) is 2.91. The molecule has 1 saturated heterocycles. The van der Waals surface area contributed by atoms with E-state index in [1.54, 1.807) is 7.11 Å². The van der Waals surface area contributed by atoms with Crippen molar-refractivity contribution in [3.8, 4) is 11.5 Å². The summed E-state index contributed by atoms with van der Waals surface area (Å²) in [5.74, 6) is 0.820. The maximum Gasteiger partial charge on any atom is 0.325 e. The van der Waals surface area contributed by atoms with Gasteiger partial charge in [-0.25, -0.2) is 4.79 Å². The fourth-order valence-electron chi connectivity index (χ4n) is 2.82. The molecule has 0 aromatic heterocycles. The fourth-order valence-corrected chi connectivity index (χ4v) is 2.82. The number of ether oxygens (including phenoxy) is 2. The molecule has 2 heterocycles.